The topological polar surface area (TPSA) is 28.3 Å². The van der Waals surface area contributed by atoms with E-state index >= 15 is 0 Å². The van der Waals surface area contributed by atoms with Crippen LogP contribution in [0.15, 0.2) is 36.4 Å². The third kappa shape index (κ3) is 10.3. The number of H-pyrrole nitrogens is 1. The minimum Gasteiger partial charge on any atom is -0.494 e. The first-order valence-corrected chi connectivity index (χ1v) is 16.1. The number of unbranched alkanes of at least 4 members (excludes halogenated alkanes) is 13. The van der Waals surface area contributed by atoms with Crippen molar-refractivity contribution in [2.45, 2.75) is 130 Å². The van der Waals surface area contributed by atoms with Crippen molar-refractivity contribution in [2.24, 2.45) is 0 Å². The zero-order valence-corrected chi connectivity index (χ0v) is 25.0. The summed E-state index contributed by atoms with van der Waals surface area (Å²) in [6, 6.07) is 13.4. The van der Waals surface area contributed by atoms with Gasteiger partial charge in [-0.2, -0.15) is 0 Å². The van der Waals surface area contributed by atoms with Gasteiger partial charge in [-0.05, 0) is 56.1 Å². The van der Waals surface area contributed by atoms with Gasteiger partial charge in [0, 0.05) is 28.9 Å². The summed E-state index contributed by atoms with van der Waals surface area (Å²) in [4.78, 5) is 6.43. The molecule has 2 aromatic carbocycles. The Balaban J connectivity index is 1.66. The number of hydrogen-bond acceptors (Lipinski definition) is 2. The standard InChI is InChI=1S/C35H56N2O/c1-4-7-10-13-15-17-25-37(26-18-16-14-11-8-5-2)29-30-21-20-22-33-35(30)32-24-23-31(28-34(32)36-33)38-27-19-12-9-6-3/h20-24,28,36H,4-19,25-27,29H2,1-3H3. The first-order valence-electron chi connectivity index (χ1n) is 16.1. The van der Waals surface area contributed by atoms with Gasteiger partial charge in [0.25, 0.3) is 0 Å². The van der Waals surface area contributed by atoms with Crippen molar-refractivity contribution in [3.63, 3.8) is 0 Å². The summed E-state index contributed by atoms with van der Waals surface area (Å²) < 4.78 is 6.08. The zero-order valence-electron chi connectivity index (χ0n) is 25.0. The van der Waals surface area contributed by atoms with E-state index in [1.165, 1.54) is 137 Å². The molecule has 0 aliphatic rings. The molecule has 0 fully saturated rings. The van der Waals surface area contributed by atoms with Crippen LogP contribution in [0.2, 0.25) is 0 Å². The van der Waals surface area contributed by atoms with Crippen LogP contribution in [0, 0.1) is 0 Å². The smallest absolute Gasteiger partial charge is 0.121 e. The molecule has 0 amide bonds. The van der Waals surface area contributed by atoms with Crippen molar-refractivity contribution in [3.8, 4) is 5.75 Å². The van der Waals surface area contributed by atoms with E-state index in [9.17, 15) is 0 Å². The number of ether oxygens (including phenoxy) is 1. The Morgan fingerprint density at radius 3 is 1.89 bits per heavy atom. The number of benzene rings is 2. The lowest BCUT2D eigenvalue weighted by Crippen LogP contribution is -2.25. The minimum atomic E-state index is 0.808. The third-order valence-corrected chi connectivity index (χ3v) is 8.00. The van der Waals surface area contributed by atoms with Crippen LogP contribution in [-0.2, 0) is 6.54 Å². The molecule has 212 valence electrons. The second-order valence-electron chi connectivity index (χ2n) is 11.4. The van der Waals surface area contributed by atoms with Gasteiger partial charge in [0.1, 0.15) is 5.75 Å². The summed E-state index contributed by atoms with van der Waals surface area (Å²) in [5.41, 5.74) is 3.90. The second kappa shape index (κ2) is 18.3. The van der Waals surface area contributed by atoms with Crippen LogP contribution in [0.25, 0.3) is 21.8 Å². The van der Waals surface area contributed by atoms with Crippen LogP contribution in [0.4, 0.5) is 0 Å². The first kappa shape index (κ1) is 30.5. The fourth-order valence-electron chi connectivity index (χ4n) is 5.69. The Kier molecular flexibility index (Phi) is 14.7. The molecule has 0 radical (unpaired) electrons. The number of aromatic nitrogens is 1. The SMILES string of the molecule is CCCCCCCCN(CCCCCCCC)Cc1cccc2[nH]c3cc(OCCCCCC)ccc3c12. The molecule has 0 spiro atoms. The molecule has 0 aliphatic carbocycles. The molecule has 0 aliphatic heterocycles. The van der Waals surface area contributed by atoms with Gasteiger partial charge in [0.05, 0.1) is 12.1 Å². The van der Waals surface area contributed by atoms with E-state index in [-0.39, 0.29) is 0 Å². The number of rotatable bonds is 22. The highest BCUT2D eigenvalue weighted by Gasteiger charge is 2.13. The van der Waals surface area contributed by atoms with E-state index in [0.29, 0.717) is 0 Å². The van der Waals surface area contributed by atoms with Crippen molar-refractivity contribution in [2.75, 3.05) is 19.7 Å². The molecular weight excluding hydrogens is 464 g/mol. The van der Waals surface area contributed by atoms with Gasteiger partial charge in [-0.25, -0.2) is 0 Å². The molecule has 0 saturated heterocycles. The van der Waals surface area contributed by atoms with Crippen LogP contribution in [0.3, 0.4) is 0 Å². The molecule has 0 atom stereocenters. The third-order valence-electron chi connectivity index (χ3n) is 8.00. The Morgan fingerprint density at radius 2 is 1.24 bits per heavy atom. The predicted molar refractivity (Wildman–Crippen MR) is 167 cm³/mol. The summed E-state index contributed by atoms with van der Waals surface area (Å²) >= 11 is 0. The van der Waals surface area contributed by atoms with Crippen molar-refractivity contribution >= 4 is 21.8 Å². The first-order chi connectivity index (χ1) is 18.8. The van der Waals surface area contributed by atoms with E-state index < -0.39 is 0 Å². The zero-order chi connectivity index (χ0) is 26.8. The van der Waals surface area contributed by atoms with E-state index in [4.69, 9.17) is 4.74 Å². The quantitative estimate of drug-likeness (QED) is 0.133. The molecule has 1 heterocycles. The summed E-state index contributed by atoms with van der Waals surface area (Å²) in [6.07, 6.45) is 21.3. The van der Waals surface area contributed by atoms with Gasteiger partial charge in [-0.3, -0.25) is 4.90 Å². The van der Waals surface area contributed by atoms with Gasteiger partial charge in [0.2, 0.25) is 0 Å². The molecule has 0 unspecified atom stereocenters. The minimum absolute atomic E-state index is 0.808. The second-order valence-corrected chi connectivity index (χ2v) is 11.4. The van der Waals surface area contributed by atoms with Gasteiger partial charge >= 0.3 is 0 Å². The lowest BCUT2D eigenvalue weighted by Gasteiger charge is -2.23. The molecule has 3 rings (SSSR count). The van der Waals surface area contributed by atoms with Gasteiger partial charge in [-0.15, -0.1) is 0 Å². The highest BCUT2D eigenvalue weighted by molar-refractivity contribution is 6.09. The van der Waals surface area contributed by atoms with E-state index in [2.05, 4.69) is 67.1 Å². The Morgan fingerprint density at radius 1 is 0.632 bits per heavy atom. The van der Waals surface area contributed by atoms with Gasteiger partial charge < -0.3 is 9.72 Å². The van der Waals surface area contributed by atoms with Crippen LogP contribution >= 0.6 is 0 Å². The van der Waals surface area contributed by atoms with Crippen molar-refractivity contribution in [1.82, 2.24) is 9.88 Å². The van der Waals surface area contributed by atoms with Crippen molar-refractivity contribution < 1.29 is 4.74 Å². The summed E-state index contributed by atoms with van der Waals surface area (Å²) in [5, 5.41) is 2.72. The number of nitrogens with zero attached hydrogens (tertiary/aromatic N) is 1. The maximum absolute atomic E-state index is 6.08. The average molecular weight is 521 g/mol. The Labute approximate surface area is 233 Å². The fourth-order valence-corrected chi connectivity index (χ4v) is 5.69. The summed E-state index contributed by atoms with van der Waals surface area (Å²) in [6.45, 7) is 11.1. The van der Waals surface area contributed by atoms with Crippen molar-refractivity contribution in [3.05, 3.63) is 42.0 Å². The van der Waals surface area contributed by atoms with Crippen LogP contribution in [-0.4, -0.2) is 29.6 Å². The fraction of sp³-hybridized carbons (Fsp3) is 0.657. The molecule has 0 saturated carbocycles. The maximum atomic E-state index is 6.08. The lowest BCUT2D eigenvalue weighted by molar-refractivity contribution is 0.253. The summed E-state index contributed by atoms with van der Waals surface area (Å²) in [5.74, 6) is 0.981. The van der Waals surface area contributed by atoms with Crippen molar-refractivity contribution in [1.29, 1.82) is 0 Å². The number of aromatic amines is 1. The monoisotopic (exact) mass is 520 g/mol. The van der Waals surface area contributed by atoms with Crippen LogP contribution < -0.4 is 4.74 Å². The average Bonchev–Trinajstić information content (AvgIpc) is 3.31. The lowest BCUT2D eigenvalue weighted by atomic mass is 10.0. The van der Waals surface area contributed by atoms with Crippen LogP contribution in [0.1, 0.15) is 129 Å². The highest BCUT2D eigenvalue weighted by Crippen LogP contribution is 2.32. The molecule has 38 heavy (non-hydrogen) atoms. The molecule has 3 aromatic rings. The summed E-state index contributed by atoms with van der Waals surface area (Å²) in [7, 11) is 0. The number of fused-ring (bicyclic) bond motifs is 3. The van der Waals surface area contributed by atoms with Crippen LogP contribution in [0.5, 0.6) is 5.75 Å². The number of hydrogen-bond donors (Lipinski definition) is 1. The molecule has 3 nitrogen and oxygen atoms in total. The highest BCUT2D eigenvalue weighted by atomic mass is 16.5. The van der Waals surface area contributed by atoms with E-state index in [1.807, 2.05) is 0 Å². The largest absolute Gasteiger partial charge is 0.494 e. The van der Waals surface area contributed by atoms with E-state index in [1.54, 1.807) is 0 Å². The van der Waals surface area contributed by atoms with Gasteiger partial charge in [-0.1, -0.05) is 116 Å². The Hall–Kier alpha value is -2.00. The molecular formula is C35H56N2O. The number of nitrogens with one attached hydrogen (secondary N) is 1. The molecule has 1 N–H and O–H groups in total. The van der Waals surface area contributed by atoms with E-state index in [0.717, 1.165) is 25.3 Å². The Bertz CT molecular complexity index is 1010. The molecule has 0 bridgehead atoms. The molecule has 1 aromatic heterocycles. The van der Waals surface area contributed by atoms with Gasteiger partial charge in [0.15, 0.2) is 0 Å². The molecule has 3 heteroatoms. The normalized spacial score (nSPS) is 11.8. The predicted octanol–water partition coefficient (Wildman–Crippen LogP) is 10.8. The maximum Gasteiger partial charge on any atom is 0.121 e.